The zero-order valence-electron chi connectivity index (χ0n) is 14.9. The summed E-state index contributed by atoms with van der Waals surface area (Å²) < 4.78 is 2.30. The van der Waals surface area contributed by atoms with Crippen molar-refractivity contribution < 1.29 is 0 Å². The van der Waals surface area contributed by atoms with E-state index < -0.39 is 0 Å². The van der Waals surface area contributed by atoms with Gasteiger partial charge in [-0.2, -0.15) is 0 Å². The molecule has 0 unspecified atom stereocenters. The van der Waals surface area contributed by atoms with Crippen LogP contribution in [0, 0.1) is 6.92 Å². The van der Waals surface area contributed by atoms with Gasteiger partial charge in [-0.3, -0.25) is 9.98 Å². The Morgan fingerprint density at radius 2 is 1.96 bits per heavy atom. The summed E-state index contributed by atoms with van der Waals surface area (Å²) in [4.78, 5) is 8.76. The summed E-state index contributed by atoms with van der Waals surface area (Å²) in [7, 11) is 1.79. The normalized spacial score (nSPS) is 11.7. The van der Waals surface area contributed by atoms with Crippen LogP contribution in [-0.4, -0.2) is 29.1 Å². The minimum atomic E-state index is 0.670. The zero-order chi connectivity index (χ0) is 17.5. The number of nitrogens with zero attached hydrogens (tertiary/aromatic N) is 3. The van der Waals surface area contributed by atoms with Crippen LogP contribution in [0.15, 0.2) is 59.7 Å². The fraction of sp³-hybridized carbons (Fsp3) is 0.300. The smallest absolute Gasteiger partial charge is 0.191 e. The van der Waals surface area contributed by atoms with E-state index in [4.69, 9.17) is 0 Å². The number of nitrogens with one attached hydrogen (secondary N) is 2. The molecule has 2 heterocycles. The number of aromatic nitrogens is 2. The first-order valence-corrected chi connectivity index (χ1v) is 8.67. The Hall–Kier alpha value is -2.82. The maximum absolute atomic E-state index is 4.49. The maximum atomic E-state index is 4.49. The van der Waals surface area contributed by atoms with E-state index >= 15 is 0 Å². The highest BCUT2D eigenvalue weighted by Gasteiger charge is 2.01. The molecule has 5 nitrogen and oxygen atoms in total. The van der Waals surface area contributed by atoms with Gasteiger partial charge in [0.15, 0.2) is 5.96 Å². The van der Waals surface area contributed by atoms with E-state index in [0.29, 0.717) is 6.54 Å². The number of pyridine rings is 1. The highest BCUT2D eigenvalue weighted by atomic mass is 15.2. The molecule has 25 heavy (non-hydrogen) atoms. The molecule has 130 valence electrons. The average molecular weight is 335 g/mol. The molecule has 0 bridgehead atoms. The van der Waals surface area contributed by atoms with E-state index in [-0.39, 0.29) is 0 Å². The molecule has 0 amide bonds. The summed E-state index contributed by atoms with van der Waals surface area (Å²) in [6, 6.07) is 16.7. The van der Waals surface area contributed by atoms with Crippen molar-refractivity contribution in [3.05, 3.63) is 66.1 Å². The Morgan fingerprint density at radius 1 is 1.08 bits per heavy atom. The first-order chi connectivity index (χ1) is 12.3. The zero-order valence-corrected chi connectivity index (χ0v) is 14.9. The van der Waals surface area contributed by atoms with E-state index in [0.717, 1.165) is 36.9 Å². The molecule has 0 fully saturated rings. The van der Waals surface area contributed by atoms with E-state index in [1.807, 2.05) is 25.1 Å². The number of para-hydroxylation sites is 1. The van der Waals surface area contributed by atoms with Crippen molar-refractivity contribution in [1.29, 1.82) is 0 Å². The molecule has 0 saturated heterocycles. The molecule has 2 N–H and O–H groups in total. The number of benzene rings is 1. The molecular formula is C20H25N5. The minimum Gasteiger partial charge on any atom is -0.356 e. The van der Waals surface area contributed by atoms with Gasteiger partial charge in [-0.15, -0.1) is 0 Å². The maximum Gasteiger partial charge on any atom is 0.191 e. The second-order valence-electron chi connectivity index (χ2n) is 6.04. The first-order valence-electron chi connectivity index (χ1n) is 8.67. The minimum absolute atomic E-state index is 0.670. The molecule has 0 aliphatic heterocycles. The molecular weight excluding hydrogens is 310 g/mol. The van der Waals surface area contributed by atoms with Crippen molar-refractivity contribution in [1.82, 2.24) is 20.2 Å². The van der Waals surface area contributed by atoms with Gasteiger partial charge in [0.1, 0.15) is 0 Å². The summed E-state index contributed by atoms with van der Waals surface area (Å²) in [5, 5.41) is 7.96. The van der Waals surface area contributed by atoms with Crippen molar-refractivity contribution in [2.24, 2.45) is 4.99 Å². The molecule has 0 aliphatic carbocycles. The predicted molar refractivity (Wildman–Crippen MR) is 104 cm³/mol. The molecule has 0 atom stereocenters. The fourth-order valence-electron chi connectivity index (χ4n) is 2.88. The van der Waals surface area contributed by atoms with E-state index in [9.17, 15) is 0 Å². The third-order valence-corrected chi connectivity index (χ3v) is 4.16. The number of aliphatic imine (C=N–C) groups is 1. The standard InChI is InChI=1S/C20H25N5/c1-16-7-5-9-18(24-16)15-23-20(21-2)22-12-6-13-25-14-11-17-8-3-4-10-19(17)25/h3-5,7-11,14H,6,12-13,15H2,1-2H3,(H2,21,22,23). The quantitative estimate of drug-likeness (QED) is 0.413. The predicted octanol–water partition coefficient (Wildman–Crippen LogP) is 3.10. The van der Waals surface area contributed by atoms with Crippen LogP contribution in [0.2, 0.25) is 0 Å². The van der Waals surface area contributed by atoms with Gasteiger partial charge in [0, 0.05) is 37.5 Å². The van der Waals surface area contributed by atoms with Crippen LogP contribution in [-0.2, 0) is 13.1 Å². The second-order valence-corrected chi connectivity index (χ2v) is 6.04. The Balaban J connectivity index is 1.44. The number of rotatable bonds is 6. The molecule has 5 heteroatoms. The molecule has 0 spiro atoms. The van der Waals surface area contributed by atoms with Crippen LogP contribution >= 0.6 is 0 Å². The van der Waals surface area contributed by atoms with Gasteiger partial charge in [-0.1, -0.05) is 24.3 Å². The summed E-state index contributed by atoms with van der Waals surface area (Å²) in [5.74, 6) is 0.806. The summed E-state index contributed by atoms with van der Waals surface area (Å²) in [6.07, 6.45) is 3.18. The van der Waals surface area contributed by atoms with Crippen LogP contribution in [0.3, 0.4) is 0 Å². The van der Waals surface area contributed by atoms with Gasteiger partial charge in [-0.25, -0.2) is 0 Å². The Kier molecular flexibility index (Phi) is 5.67. The molecule has 2 aromatic heterocycles. The van der Waals surface area contributed by atoms with E-state index in [2.05, 4.69) is 61.7 Å². The van der Waals surface area contributed by atoms with Crippen molar-refractivity contribution >= 4 is 16.9 Å². The second kappa shape index (κ2) is 8.33. The molecule has 0 radical (unpaired) electrons. The molecule has 3 rings (SSSR count). The number of hydrogen-bond acceptors (Lipinski definition) is 2. The van der Waals surface area contributed by atoms with E-state index in [1.54, 1.807) is 7.05 Å². The number of guanidine groups is 1. The number of aryl methyl sites for hydroxylation is 2. The van der Waals surface area contributed by atoms with Crippen molar-refractivity contribution in [3.63, 3.8) is 0 Å². The van der Waals surface area contributed by atoms with Crippen molar-refractivity contribution in [3.8, 4) is 0 Å². The lowest BCUT2D eigenvalue weighted by Gasteiger charge is -2.12. The van der Waals surface area contributed by atoms with Crippen molar-refractivity contribution in [2.45, 2.75) is 26.4 Å². The first kappa shape index (κ1) is 17.0. The molecule has 0 saturated carbocycles. The van der Waals surface area contributed by atoms with Crippen LogP contribution in [0.1, 0.15) is 17.8 Å². The SMILES string of the molecule is CN=C(NCCCn1ccc2ccccc21)NCc1cccc(C)n1. The lowest BCUT2D eigenvalue weighted by Crippen LogP contribution is -2.37. The van der Waals surface area contributed by atoms with Gasteiger partial charge < -0.3 is 15.2 Å². The third kappa shape index (κ3) is 4.59. The number of fused-ring (bicyclic) bond motifs is 1. The summed E-state index contributed by atoms with van der Waals surface area (Å²) in [5.41, 5.74) is 3.33. The molecule has 1 aromatic carbocycles. The van der Waals surface area contributed by atoms with Crippen LogP contribution in [0.25, 0.3) is 10.9 Å². The van der Waals surface area contributed by atoms with Crippen molar-refractivity contribution in [2.75, 3.05) is 13.6 Å². The molecule has 0 aliphatic rings. The van der Waals surface area contributed by atoms with Gasteiger partial charge in [0.2, 0.25) is 0 Å². The molecule has 3 aromatic rings. The van der Waals surface area contributed by atoms with Crippen LogP contribution in [0.4, 0.5) is 0 Å². The van der Waals surface area contributed by atoms with E-state index in [1.165, 1.54) is 10.9 Å². The Morgan fingerprint density at radius 3 is 2.80 bits per heavy atom. The largest absolute Gasteiger partial charge is 0.356 e. The summed E-state index contributed by atoms with van der Waals surface area (Å²) in [6.45, 7) is 4.52. The highest BCUT2D eigenvalue weighted by Crippen LogP contribution is 2.15. The van der Waals surface area contributed by atoms with Crippen LogP contribution in [0.5, 0.6) is 0 Å². The monoisotopic (exact) mass is 335 g/mol. The summed E-state index contributed by atoms with van der Waals surface area (Å²) >= 11 is 0. The van der Waals surface area contributed by atoms with Gasteiger partial charge in [0.05, 0.1) is 12.2 Å². The third-order valence-electron chi connectivity index (χ3n) is 4.16. The highest BCUT2D eigenvalue weighted by molar-refractivity contribution is 5.80. The average Bonchev–Trinajstić information content (AvgIpc) is 3.04. The van der Waals surface area contributed by atoms with Crippen LogP contribution < -0.4 is 10.6 Å². The Labute approximate surface area is 148 Å². The lowest BCUT2D eigenvalue weighted by atomic mass is 10.2. The topological polar surface area (TPSA) is 54.2 Å². The Bertz CT molecular complexity index is 850. The lowest BCUT2D eigenvalue weighted by molar-refractivity contribution is 0.640. The van der Waals surface area contributed by atoms with Gasteiger partial charge in [0.25, 0.3) is 0 Å². The van der Waals surface area contributed by atoms with Gasteiger partial charge >= 0.3 is 0 Å². The number of hydrogen-bond donors (Lipinski definition) is 2. The van der Waals surface area contributed by atoms with Gasteiger partial charge in [-0.05, 0) is 43.0 Å². The fourth-order valence-corrected chi connectivity index (χ4v) is 2.88.